The van der Waals surface area contributed by atoms with Crippen LogP contribution in [-0.4, -0.2) is 0 Å². The molecular weight excluding hydrogens is 827 g/mol. The molecule has 9 aromatic carbocycles. The third-order valence-corrected chi connectivity index (χ3v) is 14.7. The predicted molar refractivity (Wildman–Crippen MR) is 282 cm³/mol. The lowest BCUT2D eigenvalue weighted by atomic mass is 10.0. The molecule has 11 aromatic rings. The van der Waals surface area contributed by atoms with Crippen molar-refractivity contribution in [3.05, 3.63) is 242 Å². The van der Waals surface area contributed by atoms with Gasteiger partial charge in [-0.3, -0.25) is 0 Å². The molecule has 310 valence electrons. The summed E-state index contributed by atoms with van der Waals surface area (Å²) < 4.78 is 5.11. The Morgan fingerprint density at radius 2 is 0.708 bits per heavy atom. The molecule has 0 spiro atoms. The third-order valence-electron chi connectivity index (χ3n) is 12.4. The summed E-state index contributed by atoms with van der Waals surface area (Å²) in [6.07, 6.45) is 9.01. The number of hydrogen-bond donors (Lipinski definition) is 0. The molecule has 0 N–H and O–H groups in total. The van der Waals surface area contributed by atoms with Crippen molar-refractivity contribution in [3.63, 3.8) is 0 Å². The second kappa shape index (κ2) is 16.8. The molecule has 0 radical (unpaired) electrons. The van der Waals surface area contributed by atoms with Crippen LogP contribution in [0.15, 0.2) is 242 Å². The summed E-state index contributed by atoms with van der Waals surface area (Å²) in [6.45, 7) is 0. The molecule has 0 aliphatic heterocycles. The summed E-state index contributed by atoms with van der Waals surface area (Å²) >= 11 is 3.72. The minimum atomic E-state index is 1.06. The standard InChI is InChI=1S/C60H43N3S2/c1-6-16-44(17-7-1)61(45-18-8-2-9-19-45)49-29-26-42(27-30-49)43-28-36-57-55(38-43)53-34-31-51(40-59(53)64-57)63(48-24-14-5-15-25-48)52-32-35-54-56-39-50(33-37-58(56)65-60(54)41-52)62(46-20-10-3-11-21-46)47-22-12-4-13-23-47/h1,3-8,10-41H,2,9H2. The molecule has 5 heteroatoms. The molecule has 1 aliphatic carbocycles. The fourth-order valence-corrected chi connectivity index (χ4v) is 11.6. The van der Waals surface area contributed by atoms with Crippen molar-refractivity contribution < 1.29 is 0 Å². The first-order chi connectivity index (χ1) is 32.2. The van der Waals surface area contributed by atoms with Gasteiger partial charge in [-0.05, 0) is 145 Å². The normalized spacial score (nSPS) is 12.5. The van der Waals surface area contributed by atoms with E-state index in [2.05, 4.69) is 251 Å². The van der Waals surface area contributed by atoms with Gasteiger partial charge in [0, 0.05) is 91.5 Å². The predicted octanol–water partition coefficient (Wildman–Crippen LogP) is 18.4. The molecule has 0 fully saturated rings. The highest BCUT2D eigenvalue weighted by molar-refractivity contribution is 7.26. The van der Waals surface area contributed by atoms with E-state index in [-0.39, 0.29) is 0 Å². The molecule has 0 unspecified atom stereocenters. The highest BCUT2D eigenvalue weighted by Gasteiger charge is 2.19. The summed E-state index contributed by atoms with van der Waals surface area (Å²) in [6, 6.07) is 79.5. The van der Waals surface area contributed by atoms with Gasteiger partial charge in [-0.25, -0.2) is 0 Å². The van der Waals surface area contributed by atoms with Crippen LogP contribution in [0.2, 0.25) is 0 Å². The van der Waals surface area contributed by atoms with Crippen molar-refractivity contribution in [3.8, 4) is 11.1 Å². The van der Waals surface area contributed by atoms with Crippen molar-refractivity contribution in [2.75, 3.05) is 14.7 Å². The minimum absolute atomic E-state index is 1.06. The number of rotatable bonds is 10. The molecular formula is C60H43N3S2. The lowest BCUT2D eigenvalue weighted by molar-refractivity contribution is 0.997. The Balaban J connectivity index is 0.888. The molecule has 2 aromatic heterocycles. The summed E-state index contributed by atoms with van der Waals surface area (Å²) in [7, 11) is 0. The molecule has 3 nitrogen and oxygen atoms in total. The number of nitrogens with zero attached hydrogens (tertiary/aromatic N) is 3. The monoisotopic (exact) mass is 869 g/mol. The Kier molecular flexibility index (Phi) is 10.0. The van der Waals surface area contributed by atoms with Crippen LogP contribution in [0.4, 0.5) is 45.5 Å². The first-order valence-corrected chi connectivity index (χ1v) is 23.9. The molecule has 1 aliphatic rings. The first kappa shape index (κ1) is 38.9. The average molecular weight is 870 g/mol. The molecule has 0 saturated carbocycles. The van der Waals surface area contributed by atoms with Crippen LogP contribution in [0.25, 0.3) is 51.5 Å². The van der Waals surface area contributed by atoms with E-state index in [1.807, 2.05) is 22.7 Å². The number of para-hydroxylation sites is 4. The van der Waals surface area contributed by atoms with Crippen molar-refractivity contribution in [1.82, 2.24) is 0 Å². The largest absolute Gasteiger partial charge is 0.311 e. The number of fused-ring (bicyclic) bond motifs is 6. The zero-order valence-electron chi connectivity index (χ0n) is 35.6. The summed E-state index contributed by atoms with van der Waals surface area (Å²) in [5.41, 5.74) is 12.8. The number of thiophene rings is 2. The van der Waals surface area contributed by atoms with E-state index >= 15 is 0 Å². The molecule has 2 heterocycles. The first-order valence-electron chi connectivity index (χ1n) is 22.2. The van der Waals surface area contributed by atoms with Crippen molar-refractivity contribution >= 4 is 109 Å². The van der Waals surface area contributed by atoms with Crippen LogP contribution in [0.1, 0.15) is 12.8 Å². The fourth-order valence-electron chi connectivity index (χ4n) is 9.33. The van der Waals surface area contributed by atoms with Gasteiger partial charge in [0.15, 0.2) is 0 Å². The SMILES string of the molecule is C1=CC(N(c2ccccc2)c2ccc(-c3ccc4sc5cc(N(c6ccccc6)c6ccc7c(c6)sc6ccc(N(c8ccccc8)c8ccccc8)cc67)ccc5c4c3)cc2)=CCC1. The van der Waals surface area contributed by atoms with Gasteiger partial charge in [-0.1, -0.05) is 115 Å². The van der Waals surface area contributed by atoms with Gasteiger partial charge < -0.3 is 14.7 Å². The van der Waals surface area contributed by atoms with Gasteiger partial charge in [0.05, 0.1) is 0 Å². The van der Waals surface area contributed by atoms with E-state index in [1.54, 1.807) is 0 Å². The van der Waals surface area contributed by atoms with Gasteiger partial charge in [0.25, 0.3) is 0 Å². The quantitative estimate of drug-likeness (QED) is 0.136. The van der Waals surface area contributed by atoms with Gasteiger partial charge in [-0.2, -0.15) is 0 Å². The zero-order chi connectivity index (χ0) is 43.1. The maximum atomic E-state index is 2.40. The zero-order valence-corrected chi connectivity index (χ0v) is 37.2. The second-order valence-electron chi connectivity index (χ2n) is 16.5. The Morgan fingerprint density at radius 3 is 1.23 bits per heavy atom. The van der Waals surface area contributed by atoms with E-state index in [0.717, 1.165) is 52.7 Å². The molecule has 12 rings (SSSR count). The number of hydrogen-bond acceptors (Lipinski definition) is 5. The number of anilines is 8. The van der Waals surface area contributed by atoms with Gasteiger partial charge >= 0.3 is 0 Å². The van der Waals surface area contributed by atoms with Crippen LogP contribution >= 0.6 is 22.7 Å². The topological polar surface area (TPSA) is 9.72 Å². The molecule has 0 amide bonds. The molecule has 65 heavy (non-hydrogen) atoms. The van der Waals surface area contributed by atoms with E-state index in [1.165, 1.54) is 62.9 Å². The third kappa shape index (κ3) is 7.35. The highest BCUT2D eigenvalue weighted by atomic mass is 32.1. The van der Waals surface area contributed by atoms with Crippen LogP contribution in [0.5, 0.6) is 0 Å². The van der Waals surface area contributed by atoms with Crippen LogP contribution in [0, 0.1) is 0 Å². The van der Waals surface area contributed by atoms with Gasteiger partial charge in [0.2, 0.25) is 0 Å². The van der Waals surface area contributed by atoms with E-state index in [0.29, 0.717) is 0 Å². The molecule has 0 atom stereocenters. The Labute approximate surface area is 387 Å². The van der Waals surface area contributed by atoms with E-state index in [9.17, 15) is 0 Å². The van der Waals surface area contributed by atoms with Crippen LogP contribution < -0.4 is 14.7 Å². The smallest absolute Gasteiger partial charge is 0.0476 e. The van der Waals surface area contributed by atoms with Gasteiger partial charge in [0.1, 0.15) is 0 Å². The lowest BCUT2D eigenvalue weighted by Gasteiger charge is -2.27. The number of allylic oxidation sites excluding steroid dienone is 3. The minimum Gasteiger partial charge on any atom is -0.311 e. The fraction of sp³-hybridized carbons (Fsp3) is 0.0333. The van der Waals surface area contributed by atoms with E-state index < -0.39 is 0 Å². The maximum absolute atomic E-state index is 2.40. The van der Waals surface area contributed by atoms with E-state index in [4.69, 9.17) is 0 Å². The van der Waals surface area contributed by atoms with Gasteiger partial charge in [-0.15, -0.1) is 22.7 Å². The van der Waals surface area contributed by atoms with Crippen LogP contribution in [0.3, 0.4) is 0 Å². The van der Waals surface area contributed by atoms with Crippen molar-refractivity contribution in [2.45, 2.75) is 12.8 Å². The van der Waals surface area contributed by atoms with Crippen molar-refractivity contribution in [2.24, 2.45) is 0 Å². The Morgan fingerprint density at radius 1 is 0.292 bits per heavy atom. The summed E-state index contributed by atoms with van der Waals surface area (Å²) in [5.74, 6) is 0. The Hall–Kier alpha value is -7.70. The Bertz CT molecular complexity index is 3500. The summed E-state index contributed by atoms with van der Waals surface area (Å²) in [4.78, 5) is 7.09. The second-order valence-corrected chi connectivity index (χ2v) is 18.6. The van der Waals surface area contributed by atoms with Crippen LogP contribution in [-0.2, 0) is 0 Å². The highest BCUT2D eigenvalue weighted by Crippen LogP contribution is 2.45. The lowest BCUT2D eigenvalue weighted by Crippen LogP contribution is -2.16. The average Bonchev–Trinajstić information content (AvgIpc) is 3.93. The maximum Gasteiger partial charge on any atom is 0.0476 e. The summed E-state index contributed by atoms with van der Waals surface area (Å²) in [5, 5.41) is 5.10. The van der Waals surface area contributed by atoms with Crippen molar-refractivity contribution in [1.29, 1.82) is 0 Å². The number of benzene rings is 9. The molecule has 0 saturated heterocycles. The molecule has 0 bridgehead atoms.